The minimum atomic E-state index is -4.40. The van der Waals surface area contributed by atoms with E-state index in [1.165, 1.54) is 42.3 Å². The van der Waals surface area contributed by atoms with Gasteiger partial charge in [0.1, 0.15) is 24.2 Å². The molecule has 0 unspecified atom stereocenters. The second-order valence-electron chi connectivity index (χ2n) is 11.8. The number of aryl methyl sites for hydroxylation is 1. The molecule has 2 amide bonds. The predicted octanol–water partition coefficient (Wildman–Crippen LogP) is 6.04. The van der Waals surface area contributed by atoms with E-state index in [0.717, 1.165) is 47.2 Å². The molecule has 0 radical (unpaired) electrons. The molecule has 0 saturated heterocycles. The summed E-state index contributed by atoms with van der Waals surface area (Å²) in [5.41, 5.74) is 2.10. The number of halogens is 1. The molecule has 0 heterocycles. The number of rotatable bonds is 13. The Morgan fingerprint density at radius 3 is 2.23 bits per heavy atom. The molecule has 1 fully saturated rings. The number of nitrogens with one attached hydrogen (secondary N) is 1. The van der Waals surface area contributed by atoms with Crippen LogP contribution in [0.1, 0.15) is 42.4 Å². The molecular weight excluding hydrogens is 617 g/mol. The Bertz CT molecular complexity index is 1780. The van der Waals surface area contributed by atoms with Gasteiger partial charge in [-0.3, -0.25) is 13.9 Å². The monoisotopic (exact) mass is 657 g/mol. The molecule has 1 aliphatic carbocycles. The van der Waals surface area contributed by atoms with Crippen molar-refractivity contribution in [2.24, 2.45) is 0 Å². The Balaban J connectivity index is 1.58. The van der Waals surface area contributed by atoms with E-state index in [2.05, 4.69) is 5.32 Å². The van der Waals surface area contributed by atoms with Crippen LogP contribution in [-0.4, -0.2) is 50.9 Å². The average molecular weight is 658 g/mol. The Morgan fingerprint density at radius 1 is 0.894 bits per heavy atom. The van der Waals surface area contributed by atoms with Crippen molar-refractivity contribution in [1.29, 1.82) is 0 Å². The lowest BCUT2D eigenvalue weighted by Crippen LogP contribution is -2.54. The first-order valence-electron chi connectivity index (χ1n) is 15.8. The standard InChI is InChI=1S/C37H40FN3O5S/c1-27-19-21-32(22-20-27)47(44,45)41(34-18-9-8-17-33(34)38)26-36(42)40(25-29-13-10-16-31(23-29)46-2)35(24-28-11-4-3-5-12-28)37(43)39-30-14-6-7-15-30/h3-5,8-13,16-23,30,35H,6-7,14-15,24-26H2,1-2H3,(H,39,43)/t35-/m0/s1. The number of carbonyl (C=O) groups excluding carboxylic acids is 2. The largest absolute Gasteiger partial charge is 0.497 e. The molecule has 5 rings (SSSR count). The number of nitrogens with zero attached hydrogens (tertiary/aromatic N) is 2. The van der Waals surface area contributed by atoms with Crippen LogP contribution < -0.4 is 14.4 Å². The van der Waals surface area contributed by atoms with E-state index < -0.39 is 34.3 Å². The van der Waals surface area contributed by atoms with Crippen LogP contribution in [0, 0.1) is 12.7 Å². The number of benzene rings is 4. The third-order valence-electron chi connectivity index (χ3n) is 8.47. The zero-order valence-corrected chi connectivity index (χ0v) is 27.5. The van der Waals surface area contributed by atoms with Crippen LogP contribution in [0.25, 0.3) is 0 Å². The highest BCUT2D eigenvalue weighted by Gasteiger charge is 2.36. The van der Waals surface area contributed by atoms with Gasteiger partial charge in [-0.2, -0.15) is 0 Å². The zero-order valence-electron chi connectivity index (χ0n) is 26.6. The summed E-state index contributed by atoms with van der Waals surface area (Å²) in [6.45, 7) is 1.08. The molecule has 8 nitrogen and oxygen atoms in total. The van der Waals surface area contributed by atoms with Gasteiger partial charge in [0.2, 0.25) is 11.8 Å². The topological polar surface area (TPSA) is 96.0 Å². The number of para-hydroxylation sites is 1. The number of hydrogen-bond donors (Lipinski definition) is 1. The highest BCUT2D eigenvalue weighted by atomic mass is 32.2. The normalized spacial score (nSPS) is 13.9. The first-order valence-corrected chi connectivity index (χ1v) is 17.2. The number of hydrogen-bond acceptors (Lipinski definition) is 5. The van der Waals surface area contributed by atoms with Crippen molar-refractivity contribution in [2.75, 3.05) is 18.0 Å². The molecule has 47 heavy (non-hydrogen) atoms. The van der Waals surface area contributed by atoms with Gasteiger partial charge in [-0.25, -0.2) is 12.8 Å². The van der Waals surface area contributed by atoms with Crippen LogP contribution in [0.4, 0.5) is 10.1 Å². The average Bonchev–Trinajstić information content (AvgIpc) is 3.59. The van der Waals surface area contributed by atoms with Crippen molar-refractivity contribution in [1.82, 2.24) is 10.2 Å². The van der Waals surface area contributed by atoms with E-state index >= 15 is 4.39 Å². The van der Waals surface area contributed by atoms with Gasteiger partial charge in [0, 0.05) is 19.0 Å². The third-order valence-corrected chi connectivity index (χ3v) is 10.2. The van der Waals surface area contributed by atoms with Gasteiger partial charge in [0.05, 0.1) is 17.7 Å². The summed E-state index contributed by atoms with van der Waals surface area (Å²) in [5.74, 6) is -1.21. The molecule has 0 spiro atoms. The Labute approximate surface area is 276 Å². The number of carbonyl (C=O) groups is 2. The number of amides is 2. The lowest BCUT2D eigenvalue weighted by Gasteiger charge is -2.34. The first kappa shape index (κ1) is 33.7. The Hall–Kier alpha value is -4.70. The van der Waals surface area contributed by atoms with Gasteiger partial charge in [-0.05, 0) is 67.3 Å². The number of anilines is 1. The number of ether oxygens (including phenoxy) is 1. The molecule has 1 atom stereocenters. The minimum Gasteiger partial charge on any atom is -0.497 e. The zero-order chi connectivity index (χ0) is 33.4. The van der Waals surface area contributed by atoms with Crippen LogP contribution >= 0.6 is 0 Å². The molecule has 4 aromatic carbocycles. The highest BCUT2D eigenvalue weighted by molar-refractivity contribution is 7.92. The lowest BCUT2D eigenvalue weighted by atomic mass is 10.0. The Morgan fingerprint density at radius 2 is 1.55 bits per heavy atom. The quantitative estimate of drug-likeness (QED) is 0.189. The molecule has 0 bridgehead atoms. The first-order chi connectivity index (χ1) is 22.7. The van der Waals surface area contributed by atoms with Crippen molar-refractivity contribution in [3.05, 3.63) is 126 Å². The summed E-state index contributed by atoms with van der Waals surface area (Å²) in [5, 5.41) is 3.15. The smallest absolute Gasteiger partial charge is 0.264 e. The summed E-state index contributed by atoms with van der Waals surface area (Å²) >= 11 is 0. The van der Waals surface area contributed by atoms with Gasteiger partial charge >= 0.3 is 0 Å². The fraction of sp³-hybridized carbons (Fsp3) is 0.297. The maximum atomic E-state index is 15.3. The molecule has 4 aromatic rings. The summed E-state index contributed by atoms with van der Waals surface area (Å²) in [4.78, 5) is 30.0. The molecule has 1 N–H and O–H groups in total. The van der Waals surface area contributed by atoms with E-state index in [1.54, 1.807) is 30.3 Å². The summed E-state index contributed by atoms with van der Waals surface area (Å²) < 4.78 is 49.8. The SMILES string of the molecule is COc1cccc(CN(C(=O)CN(c2ccccc2F)S(=O)(=O)c2ccc(C)cc2)[C@@H](Cc2ccccc2)C(=O)NC2CCCC2)c1. The molecule has 1 saturated carbocycles. The van der Waals surface area contributed by atoms with Crippen molar-refractivity contribution >= 4 is 27.5 Å². The number of sulfonamides is 1. The van der Waals surface area contributed by atoms with Crippen molar-refractivity contribution in [2.45, 2.75) is 62.6 Å². The van der Waals surface area contributed by atoms with Crippen LogP contribution in [-0.2, 0) is 32.6 Å². The second-order valence-corrected chi connectivity index (χ2v) is 13.7. The van der Waals surface area contributed by atoms with Gasteiger partial charge in [0.15, 0.2) is 0 Å². The molecule has 1 aliphatic rings. The van der Waals surface area contributed by atoms with Gasteiger partial charge < -0.3 is 15.0 Å². The second kappa shape index (κ2) is 15.3. The van der Waals surface area contributed by atoms with Crippen LogP contribution in [0.3, 0.4) is 0 Å². The fourth-order valence-corrected chi connectivity index (χ4v) is 7.32. The predicted molar refractivity (Wildman–Crippen MR) is 180 cm³/mol. The van der Waals surface area contributed by atoms with E-state index in [4.69, 9.17) is 4.74 Å². The van der Waals surface area contributed by atoms with Gasteiger partial charge in [-0.15, -0.1) is 0 Å². The third kappa shape index (κ3) is 8.37. The number of methoxy groups -OCH3 is 1. The molecular formula is C37H40FN3O5S. The molecule has 0 aromatic heterocycles. The van der Waals surface area contributed by atoms with Crippen LogP contribution in [0.5, 0.6) is 5.75 Å². The summed E-state index contributed by atoms with van der Waals surface area (Å²) in [6, 6.07) is 27.1. The van der Waals surface area contributed by atoms with Gasteiger partial charge in [-0.1, -0.05) is 85.1 Å². The van der Waals surface area contributed by atoms with Crippen molar-refractivity contribution in [3.8, 4) is 5.75 Å². The summed E-state index contributed by atoms with van der Waals surface area (Å²) in [6.07, 6.45) is 3.91. The van der Waals surface area contributed by atoms with Gasteiger partial charge in [0.25, 0.3) is 10.0 Å². The molecule has 0 aliphatic heterocycles. The van der Waals surface area contributed by atoms with E-state index in [9.17, 15) is 18.0 Å². The maximum absolute atomic E-state index is 15.3. The molecule has 246 valence electrons. The van der Waals surface area contributed by atoms with Crippen molar-refractivity contribution < 1.29 is 27.1 Å². The van der Waals surface area contributed by atoms with E-state index in [1.807, 2.05) is 43.3 Å². The minimum absolute atomic E-state index is 0.00799. The maximum Gasteiger partial charge on any atom is 0.264 e. The van der Waals surface area contributed by atoms with Crippen molar-refractivity contribution in [3.63, 3.8) is 0 Å². The highest BCUT2D eigenvalue weighted by Crippen LogP contribution is 2.28. The Kier molecular flexibility index (Phi) is 10.9. The van der Waals surface area contributed by atoms with E-state index in [0.29, 0.717) is 11.3 Å². The van der Waals surface area contributed by atoms with Crippen LogP contribution in [0.2, 0.25) is 0 Å². The van der Waals surface area contributed by atoms with Crippen LogP contribution in [0.15, 0.2) is 108 Å². The fourth-order valence-electron chi connectivity index (χ4n) is 5.89. The van der Waals surface area contributed by atoms with E-state index in [-0.39, 0.29) is 35.5 Å². The summed E-state index contributed by atoms with van der Waals surface area (Å²) in [7, 11) is -2.86. The lowest BCUT2D eigenvalue weighted by molar-refractivity contribution is -0.140. The molecule has 10 heteroatoms.